The molecule has 3 aromatic rings. The first-order valence-corrected chi connectivity index (χ1v) is 6.19. The van der Waals surface area contributed by atoms with Gasteiger partial charge < -0.3 is 5.11 Å². The van der Waals surface area contributed by atoms with Gasteiger partial charge >= 0.3 is 5.97 Å². The van der Waals surface area contributed by atoms with Gasteiger partial charge in [-0.05, 0) is 18.6 Å². The van der Waals surface area contributed by atoms with Gasteiger partial charge in [0.05, 0.1) is 23.0 Å². The van der Waals surface area contributed by atoms with Gasteiger partial charge in [-0.3, -0.25) is 4.68 Å². The van der Waals surface area contributed by atoms with Gasteiger partial charge in [0, 0.05) is 24.2 Å². The highest BCUT2D eigenvalue weighted by molar-refractivity contribution is 6.04. The van der Waals surface area contributed by atoms with Crippen LogP contribution < -0.4 is 0 Å². The number of hydrogen-bond donors (Lipinski definition) is 1. The predicted octanol–water partition coefficient (Wildman–Crippen LogP) is 2.64. The van der Waals surface area contributed by atoms with E-state index in [9.17, 15) is 9.90 Å². The number of fused-ring (bicyclic) bond motifs is 1. The molecular formula is C15H13N3O2. The topological polar surface area (TPSA) is 68.0 Å². The van der Waals surface area contributed by atoms with Crippen molar-refractivity contribution in [3.05, 3.63) is 47.8 Å². The van der Waals surface area contributed by atoms with Crippen molar-refractivity contribution in [2.24, 2.45) is 7.05 Å². The first-order chi connectivity index (χ1) is 9.56. The summed E-state index contributed by atoms with van der Waals surface area (Å²) in [7, 11) is 1.81. The lowest BCUT2D eigenvalue weighted by molar-refractivity contribution is 0.0699. The van der Waals surface area contributed by atoms with Crippen molar-refractivity contribution in [2.75, 3.05) is 0 Å². The summed E-state index contributed by atoms with van der Waals surface area (Å²) in [6.07, 6.45) is 3.50. The van der Waals surface area contributed by atoms with Crippen molar-refractivity contribution in [3.8, 4) is 11.3 Å². The fourth-order valence-electron chi connectivity index (χ4n) is 2.27. The number of aryl methyl sites for hydroxylation is 2. The number of hydrogen-bond acceptors (Lipinski definition) is 3. The number of pyridine rings is 1. The fraction of sp³-hybridized carbons (Fsp3) is 0.133. The lowest BCUT2D eigenvalue weighted by atomic mass is 10.0. The summed E-state index contributed by atoms with van der Waals surface area (Å²) in [6, 6.07) is 7.15. The summed E-state index contributed by atoms with van der Waals surface area (Å²) in [5, 5.41) is 14.2. The molecule has 0 fully saturated rings. The number of rotatable bonds is 2. The number of para-hydroxylation sites is 1. The molecule has 0 amide bonds. The third kappa shape index (κ3) is 1.93. The van der Waals surface area contributed by atoms with E-state index in [4.69, 9.17) is 0 Å². The second-order valence-corrected chi connectivity index (χ2v) is 4.73. The van der Waals surface area contributed by atoms with Gasteiger partial charge in [-0.25, -0.2) is 9.78 Å². The lowest BCUT2D eigenvalue weighted by Crippen LogP contribution is -2.01. The molecule has 0 saturated heterocycles. The zero-order valence-electron chi connectivity index (χ0n) is 11.2. The second kappa shape index (κ2) is 4.45. The minimum Gasteiger partial charge on any atom is -0.478 e. The van der Waals surface area contributed by atoms with Gasteiger partial charge in [-0.15, -0.1) is 0 Å². The van der Waals surface area contributed by atoms with E-state index in [0.717, 1.165) is 11.1 Å². The summed E-state index contributed by atoms with van der Waals surface area (Å²) in [5.74, 6) is -0.951. The van der Waals surface area contributed by atoms with E-state index in [2.05, 4.69) is 10.1 Å². The van der Waals surface area contributed by atoms with Crippen LogP contribution in [0.15, 0.2) is 36.7 Å². The first kappa shape index (κ1) is 12.3. The van der Waals surface area contributed by atoms with Crippen molar-refractivity contribution in [1.82, 2.24) is 14.8 Å². The Bertz CT molecular complexity index is 821. The van der Waals surface area contributed by atoms with Crippen molar-refractivity contribution in [1.29, 1.82) is 0 Å². The smallest absolute Gasteiger partial charge is 0.336 e. The van der Waals surface area contributed by atoms with Gasteiger partial charge in [-0.1, -0.05) is 18.2 Å². The molecule has 100 valence electrons. The Kier molecular flexibility index (Phi) is 2.75. The Balaban J connectivity index is 2.35. The van der Waals surface area contributed by atoms with Crippen LogP contribution in [0, 0.1) is 6.92 Å². The van der Waals surface area contributed by atoms with Gasteiger partial charge in [0.25, 0.3) is 0 Å². The summed E-state index contributed by atoms with van der Waals surface area (Å²) in [6.45, 7) is 1.92. The van der Waals surface area contributed by atoms with Crippen LogP contribution in [0.2, 0.25) is 0 Å². The van der Waals surface area contributed by atoms with Crippen LogP contribution in [0.3, 0.4) is 0 Å². The summed E-state index contributed by atoms with van der Waals surface area (Å²) in [5.41, 5.74) is 3.36. The molecule has 0 aliphatic carbocycles. The normalized spacial score (nSPS) is 10.9. The van der Waals surface area contributed by atoms with E-state index in [1.807, 2.05) is 32.3 Å². The Morgan fingerprint density at radius 2 is 2.15 bits per heavy atom. The van der Waals surface area contributed by atoms with Crippen LogP contribution in [0.25, 0.3) is 22.2 Å². The van der Waals surface area contributed by atoms with Gasteiger partial charge in [0.15, 0.2) is 0 Å². The van der Waals surface area contributed by atoms with E-state index < -0.39 is 5.97 Å². The molecule has 0 spiro atoms. The summed E-state index contributed by atoms with van der Waals surface area (Å²) >= 11 is 0. The van der Waals surface area contributed by atoms with Crippen LogP contribution in [0.1, 0.15) is 15.9 Å². The van der Waals surface area contributed by atoms with Crippen LogP contribution in [0.4, 0.5) is 0 Å². The van der Waals surface area contributed by atoms with E-state index >= 15 is 0 Å². The predicted molar refractivity (Wildman–Crippen MR) is 75.6 cm³/mol. The van der Waals surface area contributed by atoms with E-state index in [-0.39, 0.29) is 5.56 Å². The van der Waals surface area contributed by atoms with Crippen LogP contribution in [-0.4, -0.2) is 25.8 Å². The molecule has 5 nitrogen and oxygen atoms in total. The van der Waals surface area contributed by atoms with Crippen LogP contribution >= 0.6 is 0 Å². The fourth-order valence-corrected chi connectivity index (χ4v) is 2.27. The van der Waals surface area contributed by atoms with E-state index in [1.165, 1.54) is 0 Å². The summed E-state index contributed by atoms with van der Waals surface area (Å²) < 4.78 is 1.67. The first-order valence-electron chi connectivity index (χ1n) is 6.19. The average molecular weight is 267 g/mol. The molecule has 1 aromatic carbocycles. The number of carboxylic acids is 1. The molecule has 0 radical (unpaired) electrons. The molecule has 20 heavy (non-hydrogen) atoms. The van der Waals surface area contributed by atoms with Gasteiger partial charge in [0.1, 0.15) is 0 Å². The monoisotopic (exact) mass is 267 g/mol. The largest absolute Gasteiger partial charge is 0.478 e. The second-order valence-electron chi connectivity index (χ2n) is 4.73. The minimum absolute atomic E-state index is 0.262. The molecule has 3 rings (SSSR count). The lowest BCUT2D eigenvalue weighted by Gasteiger charge is -2.07. The zero-order valence-corrected chi connectivity index (χ0v) is 11.2. The van der Waals surface area contributed by atoms with E-state index in [1.54, 1.807) is 23.0 Å². The van der Waals surface area contributed by atoms with Crippen LogP contribution in [-0.2, 0) is 7.05 Å². The van der Waals surface area contributed by atoms with Crippen LogP contribution in [0.5, 0.6) is 0 Å². The molecule has 5 heteroatoms. The van der Waals surface area contributed by atoms with Crippen molar-refractivity contribution in [3.63, 3.8) is 0 Å². The average Bonchev–Trinajstić information content (AvgIpc) is 2.85. The molecule has 0 unspecified atom stereocenters. The van der Waals surface area contributed by atoms with Crippen molar-refractivity contribution < 1.29 is 9.90 Å². The number of benzene rings is 1. The maximum absolute atomic E-state index is 11.5. The maximum atomic E-state index is 11.5. The molecule has 0 saturated carbocycles. The Labute approximate surface area is 115 Å². The third-order valence-electron chi connectivity index (χ3n) is 3.27. The number of carbonyl (C=O) groups is 1. The number of aromatic nitrogens is 3. The zero-order chi connectivity index (χ0) is 14.3. The number of aromatic carboxylic acids is 1. The molecule has 0 bridgehead atoms. The standard InChI is InChI=1S/C15H13N3O2/c1-9-4-3-5-11-12(15(19)20)6-13(17-14(9)11)10-7-16-18(2)8-10/h3-8H,1-2H3,(H,19,20). The highest BCUT2D eigenvalue weighted by Crippen LogP contribution is 2.26. The molecule has 0 aliphatic rings. The van der Waals surface area contributed by atoms with Gasteiger partial charge in [-0.2, -0.15) is 5.10 Å². The molecule has 0 atom stereocenters. The molecule has 2 aromatic heterocycles. The quantitative estimate of drug-likeness (QED) is 0.775. The number of carboxylic acid groups (broad SMARTS) is 1. The Morgan fingerprint density at radius 3 is 2.80 bits per heavy atom. The number of nitrogens with zero attached hydrogens (tertiary/aromatic N) is 3. The molecule has 0 aliphatic heterocycles. The van der Waals surface area contributed by atoms with Crippen molar-refractivity contribution >= 4 is 16.9 Å². The molecule has 1 N–H and O–H groups in total. The van der Waals surface area contributed by atoms with Gasteiger partial charge in [0.2, 0.25) is 0 Å². The Morgan fingerprint density at radius 1 is 1.35 bits per heavy atom. The SMILES string of the molecule is Cc1cccc2c(C(=O)O)cc(-c3cnn(C)c3)nc12. The molecule has 2 heterocycles. The maximum Gasteiger partial charge on any atom is 0.336 e. The Hall–Kier alpha value is -2.69. The highest BCUT2D eigenvalue weighted by atomic mass is 16.4. The summed E-state index contributed by atoms with van der Waals surface area (Å²) in [4.78, 5) is 16.1. The minimum atomic E-state index is -0.951. The molecular weight excluding hydrogens is 254 g/mol. The van der Waals surface area contributed by atoms with E-state index in [0.29, 0.717) is 16.6 Å². The highest BCUT2D eigenvalue weighted by Gasteiger charge is 2.14. The van der Waals surface area contributed by atoms with Crippen molar-refractivity contribution in [2.45, 2.75) is 6.92 Å². The third-order valence-corrected chi connectivity index (χ3v) is 3.27.